The number of hydrogen-bond acceptors (Lipinski definition) is 4. The van der Waals surface area contributed by atoms with Crippen LogP contribution < -0.4 is 10.6 Å². The fourth-order valence-electron chi connectivity index (χ4n) is 1.84. The van der Waals surface area contributed by atoms with E-state index in [-0.39, 0.29) is 18.0 Å². The lowest BCUT2D eigenvalue weighted by Crippen LogP contribution is -2.58. The number of amides is 2. The second kappa shape index (κ2) is 7.28. The number of rotatable bonds is 4. The third-order valence-electron chi connectivity index (χ3n) is 2.79. The SMILES string of the molecule is C=CCCNC(=O)C1CN(C(=O)OC(C)(C)C)CCN1. The molecule has 1 unspecified atom stereocenters. The highest BCUT2D eigenvalue weighted by Crippen LogP contribution is 2.11. The van der Waals surface area contributed by atoms with Gasteiger partial charge in [-0.25, -0.2) is 4.79 Å². The molecule has 0 spiro atoms. The molecule has 20 heavy (non-hydrogen) atoms. The molecule has 2 amide bonds. The molecule has 6 heteroatoms. The molecule has 1 aliphatic heterocycles. The highest BCUT2D eigenvalue weighted by Gasteiger charge is 2.30. The van der Waals surface area contributed by atoms with Gasteiger partial charge >= 0.3 is 6.09 Å². The molecule has 0 aliphatic carbocycles. The number of nitrogens with one attached hydrogen (secondary N) is 2. The number of nitrogens with zero attached hydrogens (tertiary/aromatic N) is 1. The smallest absolute Gasteiger partial charge is 0.410 e. The van der Waals surface area contributed by atoms with Gasteiger partial charge in [0.05, 0.1) is 0 Å². The highest BCUT2D eigenvalue weighted by molar-refractivity contribution is 5.83. The maximum atomic E-state index is 12.0. The molecule has 0 aromatic rings. The van der Waals surface area contributed by atoms with Crippen LogP contribution in [-0.2, 0) is 9.53 Å². The van der Waals surface area contributed by atoms with Crippen LogP contribution in [0.3, 0.4) is 0 Å². The Labute approximate surface area is 120 Å². The molecule has 1 saturated heterocycles. The third-order valence-corrected chi connectivity index (χ3v) is 2.79. The molecule has 1 atom stereocenters. The third kappa shape index (κ3) is 5.61. The normalized spacial score (nSPS) is 19.4. The van der Waals surface area contributed by atoms with E-state index in [1.807, 2.05) is 20.8 Å². The molecule has 6 nitrogen and oxygen atoms in total. The van der Waals surface area contributed by atoms with E-state index in [9.17, 15) is 9.59 Å². The Kier molecular flexibility index (Phi) is 6.01. The van der Waals surface area contributed by atoms with Gasteiger partial charge < -0.3 is 20.3 Å². The monoisotopic (exact) mass is 283 g/mol. The fourth-order valence-corrected chi connectivity index (χ4v) is 1.84. The Bertz CT molecular complexity index is 363. The van der Waals surface area contributed by atoms with Crippen LogP contribution >= 0.6 is 0 Å². The van der Waals surface area contributed by atoms with Crippen molar-refractivity contribution < 1.29 is 14.3 Å². The first-order valence-corrected chi connectivity index (χ1v) is 6.93. The first-order chi connectivity index (χ1) is 9.33. The summed E-state index contributed by atoms with van der Waals surface area (Å²) in [6, 6.07) is -0.388. The molecule has 0 aromatic carbocycles. The van der Waals surface area contributed by atoms with Crippen LogP contribution in [0.1, 0.15) is 27.2 Å². The quantitative estimate of drug-likeness (QED) is 0.594. The topological polar surface area (TPSA) is 70.7 Å². The Morgan fingerprint density at radius 3 is 2.80 bits per heavy atom. The van der Waals surface area contributed by atoms with Crippen LogP contribution in [0, 0.1) is 0 Å². The summed E-state index contributed by atoms with van der Waals surface area (Å²) in [5.41, 5.74) is -0.524. The Morgan fingerprint density at radius 2 is 2.20 bits per heavy atom. The van der Waals surface area contributed by atoms with Gasteiger partial charge in [-0.3, -0.25) is 4.79 Å². The lowest BCUT2D eigenvalue weighted by molar-refractivity contribution is -0.124. The fraction of sp³-hybridized carbons (Fsp3) is 0.714. The average Bonchev–Trinajstić information content (AvgIpc) is 2.37. The molecule has 114 valence electrons. The first-order valence-electron chi connectivity index (χ1n) is 6.93. The molecule has 0 saturated carbocycles. The Morgan fingerprint density at radius 1 is 1.50 bits per heavy atom. The molecule has 1 fully saturated rings. The predicted molar refractivity (Wildman–Crippen MR) is 77.4 cm³/mol. The minimum absolute atomic E-state index is 0.0971. The van der Waals surface area contributed by atoms with Crippen molar-refractivity contribution in [3.05, 3.63) is 12.7 Å². The minimum Gasteiger partial charge on any atom is -0.444 e. The molecule has 0 bridgehead atoms. The zero-order chi connectivity index (χ0) is 15.2. The van der Waals surface area contributed by atoms with Gasteiger partial charge in [0.15, 0.2) is 0 Å². The van der Waals surface area contributed by atoms with Crippen molar-refractivity contribution in [1.29, 1.82) is 0 Å². The second-order valence-corrected chi connectivity index (χ2v) is 5.80. The van der Waals surface area contributed by atoms with Crippen molar-refractivity contribution in [2.45, 2.75) is 38.8 Å². The van der Waals surface area contributed by atoms with Crippen LogP contribution in [0.25, 0.3) is 0 Å². The largest absolute Gasteiger partial charge is 0.444 e. The minimum atomic E-state index is -0.524. The summed E-state index contributed by atoms with van der Waals surface area (Å²) >= 11 is 0. The summed E-state index contributed by atoms with van der Waals surface area (Å²) in [6.07, 6.45) is 2.11. The maximum absolute atomic E-state index is 12.0. The summed E-state index contributed by atoms with van der Waals surface area (Å²) in [5.74, 6) is -0.0971. The molecule has 0 radical (unpaired) electrons. The van der Waals surface area contributed by atoms with E-state index in [1.165, 1.54) is 0 Å². The molecular formula is C14H25N3O3. The average molecular weight is 283 g/mol. The van der Waals surface area contributed by atoms with Gasteiger partial charge in [0.1, 0.15) is 11.6 Å². The van der Waals surface area contributed by atoms with Crippen LogP contribution in [0.5, 0.6) is 0 Å². The summed E-state index contributed by atoms with van der Waals surface area (Å²) < 4.78 is 5.32. The lowest BCUT2D eigenvalue weighted by atomic mass is 10.2. The first kappa shape index (κ1) is 16.5. The van der Waals surface area contributed by atoms with Gasteiger partial charge in [-0.05, 0) is 27.2 Å². The Hall–Kier alpha value is -1.56. The molecule has 2 N–H and O–H groups in total. The summed E-state index contributed by atoms with van der Waals surface area (Å²) in [6.45, 7) is 11.1. The zero-order valence-corrected chi connectivity index (χ0v) is 12.6. The van der Waals surface area contributed by atoms with Gasteiger partial charge in [0, 0.05) is 26.2 Å². The van der Waals surface area contributed by atoms with Crippen molar-refractivity contribution in [3.8, 4) is 0 Å². The number of piperazine rings is 1. The van der Waals surface area contributed by atoms with Crippen LogP contribution in [0.2, 0.25) is 0 Å². The van der Waals surface area contributed by atoms with Crippen LogP contribution in [-0.4, -0.2) is 54.7 Å². The summed E-state index contributed by atoms with van der Waals surface area (Å²) in [7, 11) is 0. The van der Waals surface area contributed by atoms with Crippen molar-refractivity contribution in [1.82, 2.24) is 15.5 Å². The lowest BCUT2D eigenvalue weighted by Gasteiger charge is -2.34. The van der Waals surface area contributed by atoms with E-state index < -0.39 is 5.60 Å². The van der Waals surface area contributed by atoms with Gasteiger partial charge in [-0.15, -0.1) is 6.58 Å². The zero-order valence-electron chi connectivity index (χ0n) is 12.6. The van der Waals surface area contributed by atoms with Crippen molar-refractivity contribution in [2.75, 3.05) is 26.2 Å². The maximum Gasteiger partial charge on any atom is 0.410 e. The van der Waals surface area contributed by atoms with Crippen LogP contribution in [0.15, 0.2) is 12.7 Å². The molecule has 1 aliphatic rings. The molecular weight excluding hydrogens is 258 g/mol. The summed E-state index contributed by atoms with van der Waals surface area (Å²) in [4.78, 5) is 25.5. The van der Waals surface area contributed by atoms with Gasteiger partial charge in [-0.2, -0.15) is 0 Å². The van der Waals surface area contributed by atoms with E-state index in [2.05, 4.69) is 17.2 Å². The predicted octanol–water partition coefficient (Wildman–Crippen LogP) is 0.888. The van der Waals surface area contributed by atoms with Crippen molar-refractivity contribution in [3.63, 3.8) is 0 Å². The molecule has 1 heterocycles. The number of carbonyl (C=O) groups excluding carboxylic acids is 2. The second-order valence-electron chi connectivity index (χ2n) is 5.80. The van der Waals surface area contributed by atoms with E-state index in [0.717, 1.165) is 6.42 Å². The number of hydrogen-bond donors (Lipinski definition) is 2. The van der Waals surface area contributed by atoms with Gasteiger partial charge in [0.25, 0.3) is 0 Å². The molecule has 1 rings (SSSR count). The Balaban J connectivity index is 2.47. The summed E-state index contributed by atoms with van der Waals surface area (Å²) in [5, 5.41) is 5.92. The molecule has 0 aromatic heterocycles. The van der Waals surface area contributed by atoms with Crippen LogP contribution in [0.4, 0.5) is 4.79 Å². The van der Waals surface area contributed by atoms with E-state index in [4.69, 9.17) is 4.74 Å². The van der Waals surface area contributed by atoms with E-state index in [1.54, 1.807) is 11.0 Å². The highest BCUT2D eigenvalue weighted by atomic mass is 16.6. The van der Waals surface area contributed by atoms with E-state index in [0.29, 0.717) is 26.2 Å². The van der Waals surface area contributed by atoms with Gasteiger partial charge in [0.2, 0.25) is 5.91 Å². The van der Waals surface area contributed by atoms with E-state index >= 15 is 0 Å². The van der Waals surface area contributed by atoms with Gasteiger partial charge in [-0.1, -0.05) is 6.08 Å². The standard InChI is InChI=1S/C14H25N3O3/c1-5-6-7-16-12(18)11-10-17(9-8-15-11)13(19)20-14(2,3)4/h5,11,15H,1,6-10H2,2-4H3,(H,16,18). The van der Waals surface area contributed by atoms with Crippen molar-refractivity contribution >= 4 is 12.0 Å². The van der Waals surface area contributed by atoms with Crippen molar-refractivity contribution in [2.24, 2.45) is 0 Å². The number of ether oxygens (including phenoxy) is 1. The number of carbonyl (C=O) groups is 2.